The first-order valence-electron chi connectivity index (χ1n) is 5.54. The Balaban J connectivity index is 2.29. The fraction of sp³-hybridized carbons (Fsp3) is 0.455. The third-order valence-electron chi connectivity index (χ3n) is 3.35. The van der Waals surface area contributed by atoms with E-state index in [2.05, 4.69) is 9.97 Å². The average Bonchev–Trinajstić information content (AvgIpc) is 2.98. The maximum atomic E-state index is 13.1. The number of alkyl halides is 3. The van der Waals surface area contributed by atoms with Gasteiger partial charge in [-0.1, -0.05) is 0 Å². The molecule has 2 N–H and O–H groups in total. The molecule has 0 amide bonds. The SMILES string of the molecule is Cc1ccc2nc(N)n(C3(C(F)(F)F)CC3)c2n1. The summed E-state index contributed by atoms with van der Waals surface area (Å²) in [5, 5.41) is 0. The van der Waals surface area contributed by atoms with E-state index in [1.165, 1.54) is 0 Å². The number of nitrogens with two attached hydrogens (primary N) is 1. The molecule has 0 unspecified atom stereocenters. The van der Waals surface area contributed by atoms with Crippen molar-refractivity contribution in [2.75, 3.05) is 5.73 Å². The molecule has 1 saturated carbocycles. The summed E-state index contributed by atoms with van der Waals surface area (Å²) < 4.78 is 40.4. The van der Waals surface area contributed by atoms with Crippen LogP contribution in [0.5, 0.6) is 0 Å². The van der Waals surface area contributed by atoms with Crippen LogP contribution in [0.1, 0.15) is 18.5 Å². The van der Waals surface area contributed by atoms with Crippen LogP contribution in [0.15, 0.2) is 12.1 Å². The fourth-order valence-corrected chi connectivity index (χ4v) is 2.24. The molecule has 18 heavy (non-hydrogen) atoms. The van der Waals surface area contributed by atoms with Crippen LogP contribution in [-0.4, -0.2) is 20.7 Å². The molecule has 0 radical (unpaired) electrons. The highest BCUT2D eigenvalue weighted by Crippen LogP contribution is 2.57. The lowest BCUT2D eigenvalue weighted by molar-refractivity contribution is -0.178. The Morgan fingerprint density at radius 3 is 2.50 bits per heavy atom. The predicted octanol–water partition coefficient (Wildman–Crippen LogP) is 2.37. The van der Waals surface area contributed by atoms with Crippen LogP contribution in [0.3, 0.4) is 0 Å². The van der Waals surface area contributed by atoms with Crippen LogP contribution >= 0.6 is 0 Å². The summed E-state index contributed by atoms with van der Waals surface area (Å²) in [5.41, 5.74) is 4.98. The zero-order valence-corrected chi connectivity index (χ0v) is 9.62. The smallest absolute Gasteiger partial charge is 0.369 e. The standard InChI is InChI=1S/C11H11F3N4/c1-6-2-3-7-8(16-6)18(9(15)17-7)10(4-5-10)11(12,13)14/h2-3H,4-5H2,1H3,(H2,15,17). The summed E-state index contributed by atoms with van der Waals surface area (Å²) in [5.74, 6) is -0.127. The van der Waals surface area contributed by atoms with Crippen molar-refractivity contribution in [3.8, 4) is 0 Å². The van der Waals surface area contributed by atoms with Crippen LogP contribution < -0.4 is 5.73 Å². The summed E-state index contributed by atoms with van der Waals surface area (Å²) in [6, 6.07) is 3.34. The van der Waals surface area contributed by atoms with Crippen molar-refractivity contribution in [1.29, 1.82) is 0 Å². The molecule has 96 valence electrons. The molecule has 2 aromatic rings. The van der Waals surface area contributed by atoms with Gasteiger partial charge in [-0.15, -0.1) is 0 Å². The summed E-state index contributed by atoms with van der Waals surface area (Å²) in [6.45, 7) is 1.72. The first-order chi connectivity index (χ1) is 8.35. The Kier molecular flexibility index (Phi) is 1.98. The van der Waals surface area contributed by atoms with Gasteiger partial charge in [0.2, 0.25) is 5.95 Å². The molecule has 2 heterocycles. The molecule has 0 spiro atoms. The minimum absolute atomic E-state index is 0.0295. The molecule has 0 atom stereocenters. The van der Waals surface area contributed by atoms with Gasteiger partial charge in [0.25, 0.3) is 0 Å². The Hall–Kier alpha value is -1.79. The molecule has 0 bridgehead atoms. The largest absolute Gasteiger partial charge is 0.412 e. The van der Waals surface area contributed by atoms with Crippen LogP contribution in [-0.2, 0) is 5.54 Å². The molecule has 1 aliphatic rings. The quantitative estimate of drug-likeness (QED) is 0.852. The van der Waals surface area contributed by atoms with Gasteiger partial charge in [0, 0.05) is 5.69 Å². The third kappa shape index (κ3) is 1.33. The zero-order chi connectivity index (χ0) is 13.1. The average molecular weight is 256 g/mol. The summed E-state index contributed by atoms with van der Waals surface area (Å²) in [4.78, 5) is 8.09. The molecule has 2 aromatic heterocycles. The van der Waals surface area contributed by atoms with Crippen molar-refractivity contribution in [2.24, 2.45) is 0 Å². The highest BCUT2D eigenvalue weighted by molar-refractivity contribution is 5.75. The lowest BCUT2D eigenvalue weighted by Gasteiger charge is -2.22. The number of hydrogen-bond donors (Lipinski definition) is 1. The Morgan fingerprint density at radius 1 is 1.28 bits per heavy atom. The second-order valence-electron chi connectivity index (χ2n) is 4.63. The molecule has 7 heteroatoms. The monoisotopic (exact) mass is 256 g/mol. The highest BCUT2D eigenvalue weighted by atomic mass is 19.4. The lowest BCUT2D eigenvalue weighted by atomic mass is 10.2. The number of imidazole rings is 1. The molecule has 4 nitrogen and oxygen atoms in total. The van der Waals surface area contributed by atoms with Gasteiger partial charge in [-0.05, 0) is 31.9 Å². The van der Waals surface area contributed by atoms with Gasteiger partial charge in [0.15, 0.2) is 5.65 Å². The number of hydrogen-bond acceptors (Lipinski definition) is 3. The maximum Gasteiger partial charge on any atom is 0.412 e. The van der Waals surface area contributed by atoms with E-state index in [1.807, 2.05) is 0 Å². The van der Waals surface area contributed by atoms with E-state index in [0.29, 0.717) is 11.2 Å². The number of aryl methyl sites for hydroxylation is 1. The fourth-order valence-electron chi connectivity index (χ4n) is 2.24. The first-order valence-corrected chi connectivity index (χ1v) is 5.54. The van der Waals surface area contributed by atoms with Crippen molar-refractivity contribution in [3.63, 3.8) is 0 Å². The van der Waals surface area contributed by atoms with Crippen molar-refractivity contribution in [2.45, 2.75) is 31.5 Å². The summed E-state index contributed by atoms with van der Waals surface area (Å²) >= 11 is 0. The van der Waals surface area contributed by atoms with Gasteiger partial charge in [-0.3, -0.25) is 4.57 Å². The van der Waals surface area contributed by atoms with E-state index in [0.717, 1.165) is 4.57 Å². The Bertz CT molecular complexity index is 625. The number of fused-ring (bicyclic) bond motifs is 1. The molecule has 1 aliphatic carbocycles. The molecule has 0 aliphatic heterocycles. The second-order valence-corrected chi connectivity index (χ2v) is 4.63. The van der Waals surface area contributed by atoms with E-state index in [9.17, 15) is 13.2 Å². The van der Waals surface area contributed by atoms with E-state index >= 15 is 0 Å². The topological polar surface area (TPSA) is 56.7 Å². The number of aromatic nitrogens is 3. The van der Waals surface area contributed by atoms with Crippen molar-refractivity contribution in [1.82, 2.24) is 14.5 Å². The number of nitrogen functional groups attached to an aromatic ring is 1. The molecule has 0 aromatic carbocycles. The summed E-state index contributed by atoms with van der Waals surface area (Å²) in [6.07, 6.45) is -4.27. The maximum absolute atomic E-state index is 13.1. The number of nitrogens with zero attached hydrogens (tertiary/aromatic N) is 3. The van der Waals surface area contributed by atoms with Crippen LogP contribution in [0.25, 0.3) is 11.2 Å². The van der Waals surface area contributed by atoms with E-state index in [1.54, 1.807) is 19.1 Å². The van der Waals surface area contributed by atoms with E-state index in [4.69, 9.17) is 5.73 Å². The first kappa shape index (κ1) is 11.3. The van der Waals surface area contributed by atoms with Gasteiger partial charge in [0.05, 0.1) is 0 Å². The van der Waals surface area contributed by atoms with E-state index < -0.39 is 11.7 Å². The van der Waals surface area contributed by atoms with Crippen LogP contribution in [0, 0.1) is 6.92 Å². The van der Waals surface area contributed by atoms with Gasteiger partial charge in [-0.2, -0.15) is 13.2 Å². The van der Waals surface area contributed by atoms with Gasteiger partial charge in [-0.25, -0.2) is 9.97 Å². The van der Waals surface area contributed by atoms with Crippen LogP contribution in [0.4, 0.5) is 19.1 Å². The number of halogens is 3. The van der Waals surface area contributed by atoms with Gasteiger partial charge < -0.3 is 5.73 Å². The summed E-state index contributed by atoms with van der Waals surface area (Å²) in [7, 11) is 0. The van der Waals surface area contributed by atoms with Gasteiger partial charge >= 0.3 is 6.18 Å². The third-order valence-corrected chi connectivity index (χ3v) is 3.35. The van der Waals surface area contributed by atoms with Gasteiger partial charge in [0.1, 0.15) is 11.1 Å². The molecule has 3 rings (SSSR count). The van der Waals surface area contributed by atoms with Crippen LogP contribution in [0.2, 0.25) is 0 Å². The minimum Gasteiger partial charge on any atom is -0.369 e. The highest BCUT2D eigenvalue weighted by Gasteiger charge is 2.66. The van der Waals surface area contributed by atoms with E-state index in [-0.39, 0.29) is 24.4 Å². The zero-order valence-electron chi connectivity index (χ0n) is 9.62. The number of anilines is 1. The minimum atomic E-state index is -4.33. The molecular weight excluding hydrogens is 245 g/mol. The van der Waals surface area contributed by atoms with Crippen molar-refractivity contribution >= 4 is 17.1 Å². The molecule has 0 saturated heterocycles. The lowest BCUT2D eigenvalue weighted by Crippen LogP contribution is -2.35. The molecule has 1 fully saturated rings. The Morgan fingerprint density at radius 2 is 1.94 bits per heavy atom. The second kappa shape index (κ2) is 3.15. The normalized spacial score (nSPS) is 18.2. The number of pyridine rings is 1. The molecular formula is C11H11F3N4. The number of rotatable bonds is 1. The van der Waals surface area contributed by atoms with Crippen molar-refractivity contribution in [3.05, 3.63) is 17.8 Å². The van der Waals surface area contributed by atoms with Crippen molar-refractivity contribution < 1.29 is 13.2 Å². The predicted molar refractivity (Wildman–Crippen MR) is 59.9 cm³/mol. The Labute approximate surface area is 101 Å².